The highest BCUT2D eigenvalue weighted by atomic mass is 35.5. The van der Waals surface area contributed by atoms with Gasteiger partial charge in [-0.05, 0) is 32.4 Å². The van der Waals surface area contributed by atoms with Crippen LogP contribution in [0.1, 0.15) is 30.1 Å². The topological polar surface area (TPSA) is 71.8 Å². The third kappa shape index (κ3) is 4.46. The maximum atomic E-state index is 13.0. The van der Waals surface area contributed by atoms with Crippen LogP contribution in [0, 0.1) is 0 Å². The maximum absolute atomic E-state index is 13.0. The van der Waals surface area contributed by atoms with E-state index in [4.69, 9.17) is 4.98 Å². The summed E-state index contributed by atoms with van der Waals surface area (Å²) in [5.41, 5.74) is 3.17. The highest BCUT2D eigenvalue weighted by molar-refractivity contribution is 6.06. The molecule has 0 bridgehead atoms. The average Bonchev–Trinajstić information content (AvgIpc) is 3.11. The molecule has 1 aromatic carbocycles. The molecule has 0 spiro atoms. The number of nitrogens with zero attached hydrogens (tertiary/aromatic N) is 3. The van der Waals surface area contributed by atoms with E-state index in [1.54, 1.807) is 6.20 Å². The zero-order chi connectivity index (χ0) is 17.9. The maximum Gasteiger partial charge on any atom is 0.252 e. The molecule has 2 N–H and O–H groups in total. The van der Waals surface area contributed by atoms with Crippen LogP contribution in [-0.2, 0) is 6.54 Å². The van der Waals surface area contributed by atoms with Crippen LogP contribution in [0.5, 0.6) is 0 Å². The Hall–Kier alpha value is -2.15. The summed E-state index contributed by atoms with van der Waals surface area (Å²) in [7, 11) is 0. The normalized spacial score (nSPS) is 16.1. The van der Waals surface area contributed by atoms with Gasteiger partial charge in [0, 0.05) is 24.7 Å². The number of rotatable bonds is 4. The molecular weight excluding hydrogens is 397 g/mol. The second-order valence-corrected chi connectivity index (χ2v) is 6.64. The van der Waals surface area contributed by atoms with Gasteiger partial charge in [-0.15, -0.1) is 24.8 Å². The summed E-state index contributed by atoms with van der Waals surface area (Å²) >= 11 is 0. The van der Waals surface area contributed by atoms with Crippen LogP contribution in [-0.4, -0.2) is 39.8 Å². The number of nitrogens with one attached hydrogen (secondary N) is 2. The molecule has 4 rings (SSSR count). The Morgan fingerprint density at radius 3 is 2.75 bits per heavy atom. The van der Waals surface area contributed by atoms with Crippen molar-refractivity contribution in [3.05, 3.63) is 48.2 Å². The standard InChI is InChI=1S/C20H23N5O.2ClH/c1-2-25-19-17(13-22-25)16(20(26)23-15-9-6-10-21-12-15)11-18(24-19)14-7-4-3-5-8-14;;/h3-5,7-8,11,13,15,21H,2,6,9-10,12H2,1H3,(H,23,26);2*1H. The summed E-state index contributed by atoms with van der Waals surface area (Å²) in [6.07, 6.45) is 3.83. The van der Waals surface area contributed by atoms with Crippen LogP contribution in [0.4, 0.5) is 0 Å². The summed E-state index contributed by atoms with van der Waals surface area (Å²) in [6, 6.07) is 12.0. The molecule has 150 valence electrons. The first-order valence-corrected chi connectivity index (χ1v) is 9.20. The number of aromatic nitrogens is 3. The lowest BCUT2D eigenvalue weighted by Crippen LogP contribution is -2.45. The monoisotopic (exact) mass is 421 g/mol. The fraction of sp³-hybridized carbons (Fsp3) is 0.350. The molecule has 3 heterocycles. The number of halogens is 2. The zero-order valence-electron chi connectivity index (χ0n) is 15.7. The molecular formula is C20H25Cl2N5O. The van der Waals surface area contributed by atoms with Gasteiger partial charge in [0.1, 0.15) is 0 Å². The molecule has 1 saturated heterocycles. The molecule has 1 unspecified atom stereocenters. The molecule has 0 aliphatic carbocycles. The van der Waals surface area contributed by atoms with E-state index in [9.17, 15) is 4.79 Å². The van der Waals surface area contributed by atoms with Crippen molar-refractivity contribution in [1.29, 1.82) is 0 Å². The predicted molar refractivity (Wildman–Crippen MR) is 116 cm³/mol. The summed E-state index contributed by atoms with van der Waals surface area (Å²) in [5.74, 6) is -0.0565. The van der Waals surface area contributed by atoms with Gasteiger partial charge in [0.2, 0.25) is 0 Å². The quantitative estimate of drug-likeness (QED) is 0.676. The summed E-state index contributed by atoms with van der Waals surface area (Å²) in [5, 5.41) is 11.7. The number of fused-ring (bicyclic) bond motifs is 1. The number of hydrogen-bond acceptors (Lipinski definition) is 4. The Morgan fingerprint density at radius 1 is 1.29 bits per heavy atom. The number of pyridine rings is 1. The first-order valence-electron chi connectivity index (χ1n) is 9.20. The third-order valence-electron chi connectivity index (χ3n) is 4.86. The van der Waals surface area contributed by atoms with Crippen molar-refractivity contribution in [3.63, 3.8) is 0 Å². The molecule has 1 atom stereocenters. The second kappa shape index (κ2) is 9.87. The van der Waals surface area contributed by atoms with Crippen LogP contribution in [0.25, 0.3) is 22.3 Å². The lowest BCUT2D eigenvalue weighted by atomic mass is 10.0. The van der Waals surface area contributed by atoms with Gasteiger partial charge in [0.15, 0.2) is 5.65 Å². The van der Waals surface area contributed by atoms with E-state index in [-0.39, 0.29) is 36.8 Å². The third-order valence-corrected chi connectivity index (χ3v) is 4.86. The van der Waals surface area contributed by atoms with Gasteiger partial charge >= 0.3 is 0 Å². The van der Waals surface area contributed by atoms with E-state index in [0.717, 1.165) is 48.2 Å². The largest absolute Gasteiger partial charge is 0.348 e. The average molecular weight is 422 g/mol. The first-order chi connectivity index (χ1) is 12.8. The Kier molecular flexibility index (Phi) is 7.80. The number of piperidine rings is 1. The molecule has 28 heavy (non-hydrogen) atoms. The molecule has 8 heteroatoms. The van der Waals surface area contributed by atoms with Crippen molar-refractivity contribution in [2.75, 3.05) is 13.1 Å². The predicted octanol–water partition coefficient (Wildman–Crippen LogP) is 3.44. The van der Waals surface area contributed by atoms with Crippen molar-refractivity contribution >= 4 is 41.8 Å². The minimum absolute atomic E-state index is 0. The van der Waals surface area contributed by atoms with E-state index in [1.807, 2.05) is 48.0 Å². The number of hydrogen-bond donors (Lipinski definition) is 2. The van der Waals surface area contributed by atoms with Crippen molar-refractivity contribution < 1.29 is 4.79 Å². The van der Waals surface area contributed by atoms with Gasteiger partial charge in [0.05, 0.1) is 22.8 Å². The highest BCUT2D eigenvalue weighted by Crippen LogP contribution is 2.25. The molecule has 1 aliphatic rings. The minimum Gasteiger partial charge on any atom is -0.348 e. The fourth-order valence-corrected chi connectivity index (χ4v) is 3.46. The van der Waals surface area contributed by atoms with E-state index in [2.05, 4.69) is 15.7 Å². The van der Waals surface area contributed by atoms with Crippen LogP contribution in [0.15, 0.2) is 42.6 Å². The number of benzene rings is 1. The zero-order valence-corrected chi connectivity index (χ0v) is 17.4. The first kappa shape index (κ1) is 22.1. The van der Waals surface area contributed by atoms with Crippen molar-refractivity contribution in [2.24, 2.45) is 0 Å². The molecule has 1 amide bonds. The van der Waals surface area contributed by atoms with Gasteiger partial charge in [-0.25, -0.2) is 9.67 Å². The van der Waals surface area contributed by atoms with E-state index < -0.39 is 0 Å². The SMILES string of the molecule is CCn1ncc2c(C(=O)NC3CCCNC3)cc(-c3ccccc3)nc21.Cl.Cl. The van der Waals surface area contributed by atoms with E-state index >= 15 is 0 Å². The summed E-state index contributed by atoms with van der Waals surface area (Å²) in [6.45, 7) is 4.58. The Bertz CT molecular complexity index is 923. The van der Waals surface area contributed by atoms with Crippen LogP contribution in [0.3, 0.4) is 0 Å². The van der Waals surface area contributed by atoms with Crippen molar-refractivity contribution in [3.8, 4) is 11.3 Å². The van der Waals surface area contributed by atoms with Crippen molar-refractivity contribution in [2.45, 2.75) is 32.4 Å². The number of carbonyl (C=O) groups is 1. The minimum atomic E-state index is -0.0565. The van der Waals surface area contributed by atoms with E-state index in [0.29, 0.717) is 12.1 Å². The van der Waals surface area contributed by atoms with E-state index in [1.165, 1.54) is 0 Å². The Labute approximate surface area is 176 Å². The van der Waals surface area contributed by atoms with Crippen molar-refractivity contribution in [1.82, 2.24) is 25.4 Å². The lowest BCUT2D eigenvalue weighted by molar-refractivity contribution is 0.0932. The summed E-state index contributed by atoms with van der Waals surface area (Å²) < 4.78 is 1.83. The van der Waals surface area contributed by atoms with Gasteiger partial charge in [-0.3, -0.25) is 4.79 Å². The molecule has 3 aromatic rings. The fourth-order valence-electron chi connectivity index (χ4n) is 3.46. The Morgan fingerprint density at radius 2 is 2.07 bits per heavy atom. The molecule has 6 nitrogen and oxygen atoms in total. The second-order valence-electron chi connectivity index (χ2n) is 6.64. The molecule has 0 radical (unpaired) electrons. The number of carbonyl (C=O) groups excluding carboxylic acids is 1. The molecule has 0 saturated carbocycles. The highest BCUT2D eigenvalue weighted by Gasteiger charge is 2.21. The number of amides is 1. The molecule has 1 fully saturated rings. The van der Waals surface area contributed by atoms with Gasteiger partial charge in [-0.2, -0.15) is 5.10 Å². The van der Waals surface area contributed by atoms with Crippen LogP contribution in [0.2, 0.25) is 0 Å². The lowest BCUT2D eigenvalue weighted by Gasteiger charge is -2.24. The van der Waals surface area contributed by atoms with Crippen LogP contribution < -0.4 is 10.6 Å². The van der Waals surface area contributed by atoms with Gasteiger partial charge in [-0.1, -0.05) is 30.3 Å². The van der Waals surface area contributed by atoms with Gasteiger partial charge < -0.3 is 10.6 Å². The summed E-state index contributed by atoms with van der Waals surface area (Å²) in [4.78, 5) is 17.8. The molecule has 2 aromatic heterocycles. The number of aryl methyl sites for hydroxylation is 1. The Balaban J connectivity index is 0.00000140. The molecule has 1 aliphatic heterocycles. The smallest absolute Gasteiger partial charge is 0.252 e. The van der Waals surface area contributed by atoms with Crippen LogP contribution >= 0.6 is 24.8 Å². The van der Waals surface area contributed by atoms with Gasteiger partial charge in [0.25, 0.3) is 5.91 Å².